The third kappa shape index (κ3) is 2.31. The number of hydrogen-bond acceptors (Lipinski definition) is 6. The summed E-state index contributed by atoms with van der Waals surface area (Å²) in [7, 11) is -4.81. The SMILES string of the molecule is O=[N+]([O-])c1ccc(S(=O)(=O)S(=O)(=O)Cl)cc1. The van der Waals surface area contributed by atoms with Crippen LogP contribution in [-0.4, -0.2) is 21.8 Å². The molecule has 0 spiro atoms. The summed E-state index contributed by atoms with van der Waals surface area (Å²) < 4.78 is 43.9. The zero-order chi connectivity index (χ0) is 12.6. The van der Waals surface area contributed by atoms with Crippen molar-refractivity contribution in [2.45, 2.75) is 4.90 Å². The summed E-state index contributed by atoms with van der Waals surface area (Å²) in [6.45, 7) is 0. The molecule has 0 aliphatic carbocycles. The summed E-state index contributed by atoms with van der Waals surface area (Å²) in [6.07, 6.45) is 0. The summed E-state index contributed by atoms with van der Waals surface area (Å²) >= 11 is 0. The van der Waals surface area contributed by atoms with E-state index in [-0.39, 0.29) is 5.69 Å². The molecule has 0 N–H and O–H groups in total. The van der Waals surface area contributed by atoms with Crippen LogP contribution in [0.15, 0.2) is 29.2 Å². The van der Waals surface area contributed by atoms with E-state index in [1.807, 2.05) is 0 Å². The van der Waals surface area contributed by atoms with Gasteiger partial charge in [0.05, 0.1) is 9.82 Å². The molecule has 1 aromatic rings. The first-order chi connectivity index (χ1) is 7.16. The number of non-ortho nitro benzene ring substituents is 1. The highest BCUT2D eigenvalue weighted by atomic mass is 35.8. The second-order valence-electron chi connectivity index (χ2n) is 2.60. The minimum absolute atomic E-state index is 0.356. The van der Waals surface area contributed by atoms with Crippen LogP contribution in [0, 0.1) is 10.1 Å². The van der Waals surface area contributed by atoms with Crippen molar-refractivity contribution < 1.29 is 21.8 Å². The van der Waals surface area contributed by atoms with Crippen molar-refractivity contribution in [1.82, 2.24) is 0 Å². The van der Waals surface area contributed by atoms with Crippen molar-refractivity contribution in [2.24, 2.45) is 0 Å². The lowest BCUT2D eigenvalue weighted by atomic mass is 10.3. The summed E-state index contributed by atoms with van der Waals surface area (Å²) in [5, 5.41) is 10.3. The minimum Gasteiger partial charge on any atom is -0.258 e. The molecule has 16 heavy (non-hydrogen) atoms. The van der Waals surface area contributed by atoms with Gasteiger partial charge in [-0.15, -0.1) is 0 Å². The third-order valence-electron chi connectivity index (χ3n) is 1.60. The molecule has 0 radical (unpaired) electrons. The van der Waals surface area contributed by atoms with Gasteiger partial charge in [-0.3, -0.25) is 10.1 Å². The molecule has 0 heterocycles. The van der Waals surface area contributed by atoms with Gasteiger partial charge in [0, 0.05) is 22.8 Å². The number of hydrogen-bond donors (Lipinski definition) is 0. The Balaban J connectivity index is 3.34. The van der Waals surface area contributed by atoms with Gasteiger partial charge < -0.3 is 0 Å². The molecule has 0 aromatic heterocycles. The molecule has 0 atom stereocenters. The number of nitrogens with zero attached hydrogens (tertiary/aromatic N) is 1. The van der Waals surface area contributed by atoms with E-state index in [4.69, 9.17) is 10.7 Å². The molecule has 0 saturated carbocycles. The van der Waals surface area contributed by atoms with Crippen LogP contribution in [0.1, 0.15) is 0 Å². The lowest BCUT2D eigenvalue weighted by molar-refractivity contribution is -0.384. The van der Waals surface area contributed by atoms with E-state index in [9.17, 15) is 26.9 Å². The first kappa shape index (κ1) is 12.9. The topological polar surface area (TPSA) is 111 Å². The smallest absolute Gasteiger partial charge is 0.258 e. The minimum atomic E-state index is -4.81. The Bertz CT molecular complexity index is 617. The average molecular weight is 286 g/mol. The molecule has 0 fully saturated rings. The van der Waals surface area contributed by atoms with E-state index < -0.39 is 26.8 Å². The first-order valence-corrected chi connectivity index (χ1v) is 7.91. The molecule has 0 bridgehead atoms. The van der Waals surface area contributed by atoms with Crippen molar-refractivity contribution in [3.05, 3.63) is 34.4 Å². The Hall–Kier alpha value is -1.19. The van der Waals surface area contributed by atoms with Crippen molar-refractivity contribution in [3.63, 3.8) is 0 Å². The molecule has 1 aromatic carbocycles. The van der Waals surface area contributed by atoms with Gasteiger partial charge in [-0.05, 0) is 12.1 Å². The van der Waals surface area contributed by atoms with Gasteiger partial charge in [0.15, 0.2) is 0 Å². The van der Waals surface area contributed by atoms with Gasteiger partial charge in [-0.25, -0.2) is 8.42 Å². The molecule has 0 unspecified atom stereocenters. The van der Waals surface area contributed by atoms with Crippen molar-refractivity contribution in [3.8, 4) is 0 Å². The fraction of sp³-hybridized carbons (Fsp3) is 0. The molecular weight excluding hydrogens is 282 g/mol. The van der Waals surface area contributed by atoms with Crippen molar-refractivity contribution >= 4 is 33.3 Å². The van der Waals surface area contributed by atoms with Crippen molar-refractivity contribution in [1.29, 1.82) is 0 Å². The maximum absolute atomic E-state index is 11.2. The Morgan fingerprint density at radius 1 is 1.06 bits per heavy atom. The second kappa shape index (κ2) is 4.00. The van der Waals surface area contributed by atoms with E-state index in [1.54, 1.807) is 0 Å². The van der Waals surface area contributed by atoms with E-state index in [0.29, 0.717) is 0 Å². The number of rotatable bonds is 3. The van der Waals surface area contributed by atoms with Crippen LogP contribution in [0.5, 0.6) is 0 Å². The Morgan fingerprint density at radius 3 is 1.81 bits per heavy atom. The van der Waals surface area contributed by atoms with Gasteiger partial charge in [-0.1, -0.05) is 0 Å². The average Bonchev–Trinajstić information content (AvgIpc) is 2.16. The summed E-state index contributed by atoms with van der Waals surface area (Å²) in [5.41, 5.74) is -0.356. The van der Waals surface area contributed by atoms with Crippen LogP contribution in [0.25, 0.3) is 0 Å². The molecule has 0 aliphatic heterocycles. The fourth-order valence-electron chi connectivity index (χ4n) is 0.849. The van der Waals surface area contributed by atoms with Crippen LogP contribution in [0.4, 0.5) is 5.69 Å². The van der Waals surface area contributed by atoms with Gasteiger partial charge in [0.1, 0.15) is 0 Å². The van der Waals surface area contributed by atoms with Crippen LogP contribution in [0.3, 0.4) is 0 Å². The zero-order valence-electron chi connectivity index (χ0n) is 7.40. The number of nitro benzene ring substituents is 1. The van der Waals surface area contributed by atoms with Gasteiger partial charge in [0.2, 0.25) is 0 Å². The Morgan fingerprint density at radius 2 is 1.50 bits per heavy atom. The third-order valence-corrected chi connectivity index (χ3v) is 6.61. The monoisotopic (exact) mass is 285 g/mol. The summed E-state index contributed by atoms with van der Waals surface area (Å²) in [4.78, 5) is 8.91. The second-order valence-corrected chi connectivity index (χ2v) is 9.16. The molecular formula is C6H4ClNO6S2. The predicted octanol–water partition coefficient (Wildman–Crippen LogP) is 0.852. The standard InChI is InChI=1S/C6H4ClNO6S2/c7-16(13,14)15(11,12)6-3-1-5(2-4-6)8(9)10/h1-4H. The molecule has 88 valence electrons. The number of benzene rings is 1. The molecule has 0 amide bonds. The highest BCUT2D eigenvalue weighted by molar-refractivity contribution is 8.75. The molecule has 7 nitrogen and oxygen atoms in total. The summed E-state index contributed by atoms with van der Waals surface area (Å²) in [6, 6.07) is 3.34. The van der Waals surface area contributed by atoms with Crippen LogP contribution >= 0.6 is 10.7 Å². The Labute approximate surface area is 94.5 Å². The normalized spacial score (nSPS) is 12.3. The van der Waals surface area contributed by atoms with Gasteiger partial charge in [0.25, 0.3) is 14.6 Å². The molecule has 10 heteroatoms. The van der Waals surface area contributed by atoms with E-state index in [1.165, 1.54) is 0 Å². The van der Waals surface area contributed by atoms with E-state index in [0.717, 1.165) is 24.3 Å². The maximum atomic E-state index is 11.2. The highest BCUT2D eigenvalue weighted by Crippen LogP contribution is 2.22. The maximum Gasteiger partial charge on any atom is 0.342 e. The molecule has 1 rings (SSSR count). The fourth-order valence-corrected chi connectivity index (χ4v) is 3.23. The number of halogens is 1. The predicted molar refractivity (Wildman–Crippen MR) is 55.1 cm³/mol. The number of nitro groups is 1. The Kier molecular flexibility index (Phi) is 3.22. The van der Waals surface area contributed by atoms with Gasteiger partial charge >= 0.3 is 8.08 Å². The molecule has 0 saturated heterocycles. The largest absolute Gasteiger partial charge is 0.342 e. The quantitative estimate of drug-likeness (QED) is 0.352. The highest BCUT2D eigenvalue weighted by Gasteiger charge is 2.29. The lowest BCUT2D eigenvalue weighted by Crippen LogP contribution is -2.09. The first-order valence-electron chi connectivity index (χ1n) is 3.60. The van der Waals surface area contributed by atoms with Crippen LogP contribution in [0.2, 0.25) is 0 Å². The van der Waals surface area contributed by atoms with Gasteiger partial charge in [-0.2, -0.15) is 8.42 Å². The van der Waals surface area contributed by atoms with E-state index in [2.05, 4.69) is 0 Å². The van der Waals surface area contributed by atoms with Crippen LogP contribution < -0.4 is 0 Å². The van der Waals surface area contributed by atoms with Crippen molar-refractivity contribution in [2.75, 3.05) is 0 Å². The van der Waals surface area contributed by atoms with Crippen LogP contribution in [-0.2, 0) is 17.0 Å². The van der Waals surface area contributed by atoms with E-state index >= 15 is 0 Å². The molecule has 0 aliphatic rings. The lowest BCUT2D eigenvalue weighted by Gasteiger charge is -1.99. The zero-order valence-corrected chi connectivity index (χ0v) is 9.79. The summed E-state index contributed by atoms with van der Waals surface area (Å²) in [5.74, 6) is 0.